The number of alkyl halides is 6. The summed E-state index contributed by atoms with van der Waals surface area (Å²) in [6, 6.07) is 4.47. The normalized spacial score (nSPS) is 13.4. The average Bonchev–Trinajstić information content (AvgIpc) is 2.52. The molecule has 0 aliphatic rings. The zero-order chi connectivity index (χ0) is 21.8. The lowest BCUT2D eigenvalue weighted by Gasteiger charge is -2.24. The maximum atomic E-state index is 12.7. The Morgan fingerprint density at radius 2 is 1.68 bits per heavy atom. The highest BCUT2D eigenvalue weighted by atomic mass is 32.2. The fourth-order valence-electron chi connectivity index (χ4n) is 2.30. The number of hydrogen-bond acceptors (Lipinski definition) is 3. The van der Waals surface area contributed by atoms with Gasteiger partial charge >= 0.3 is 12.4 Å². The van der Waals surface area contributed by atoms with E-state index in [0.29, 0.717) is 5.56 Å². The van der Waals surface area contributed by atoms with E-state index in [0.717, 1.165) is 26.0 Å². The van der Waals surface area contributed by atoms with Gasteiger partial charge in [0.25, 0.3) is 0 Å². The summed E-state index contributed by atoms with van der Waals surface area (Å²) < 4.78 is 97.0. The molecule has 0 heterocycles. The molecule has 1 rings (SSSR count). The van der Waals surface area contributed by atoms with Crippen LogP contribution in [-0.2, 0) is 27.2 Å². The number of hydrogen-bond donors (Lipinski definition) is 1. The summed E-state index contributed by atoms with van der Waals surface area (Å²) in [5, 5.41) is 2.32. The van der Waals surface area contributed by atoms with Gasteiger partial charge in [0, 0.05) is 13.0 Å². The van der Waals surface area contributed by atoms with Crippen molar-refractivity contribution in [3.8, 4) is 0 Å². The Morgan fingerprint density at radius 3 is 2.21 bits per heavy atom. The molecule has 0 fully saturated rings. The van der Waals surface area contributed by atoms with Crippen LogP contribution in [0.4, 0.5) is 26.3 Å². The molecule has 11 heteroatoms. The van der Waals surface area contributed by atoms with Gasteiger partial charge in [-0.2, -0.15) is 26.3 Å². The first kappa shape index (κ1) is 24.3. The van der Waals surface area contributed by atoms with Gasteiger partial charge in [0.05, 0.1) is 11.3 Å². The van der Waals surface area contributed by atoms with E-state index in [2.05, 4.69) is 5.32 Å². The minimum absolute atomic E-state index is 0.0276. The van der Waals surface area contributed by atoms with E-state index in [-0.39, 0.29) is 13.0 Å². The Morgan fingerprint density at radius 1 is 1.07 bits per heavy atom. The van der Waals surface area contributed by atoms with Crippen LogP contribution < -0.4 is 5.32 Å². The van der Waals surface area contributed by atoms with E-state index in [1.54, 1.807) is 0 Å². The molecule has 1 amide bonds. The predicted molar refractivity (Wildman–Crippen MR) is 91.3 cm³/mol. The number of carbonyl (C=O) groups is 1. The van der Waals surface area contributed by atoms with Crippen molar-refractivity contribution in [1.29, 1.82) is 0 Å². The lowest BCUT2D eigenvalue weighted by Crippen LogP contribution is -2.49. The number of halogens is 6. The molecular formula is C17H21F6NO3S. The molecule has 0 unspecified atom stereocenters. The van der Waals surface area contributed by atoms with Crippen LogP contribution in [0.5, 0.6) is 0 Å². The van der Waals surface area contributed by atoms with Gasteiger partial charge in [-0.05, 0) is 38.3 Å². The van der Waals surface area contributed by atoms with Crippen LogP contribution in [0, 0.1) is 0 Å². The standard InChI is InChI=1S/C17H21F6NO3S/c1-15(2,28(26,27)10-4-8-16(18,19)20)14(25)24-9-7-12-5-3-6-13(11-12)17(21,22)23/h3,5-6,11H,4,7-10H2,1-2H3,(H,24,25). The molecule has 0 spiro atoms. The van der Waals surface area contributed by atoms with Crippen LogP contribution in [0.3, 0.4) is 0 Å². The lowest BCUT2D eigenvalue weighted by atomic mass is 10.1. The first-order chi connectivity index (χ1) is 12.6. The molecule has 160 valence electrons. The van der Waals surface area contributed by atoms with Crippen molar-refractivity contribution in [1.82, 2.24) is 5.32 Å². The predicted octanol–water partition coefficient (Wildman–Crippen LogP) is 3.90. The molecule has 0 aliphatic heterocycles. The summed E-state index contributed by atoms with van der Waals surface area (Å²) in [7, 11) is -4.16. The van der Waals surface area contributed by atoms with E-state index in [1.807, 2.05) is 0 Å². The largest absolute Gasteiger partial charge is 0.416 e. The van der Waals surface area contributed by atoms with Gasteiger partial charge in [0.15, 0.2) is 9.84 Å². The molecule has 0 radical (unpaired) electrons. The van der Waals surface area contributed by atoms with E-state index in [9.17, 15) is 39.6 Å². The van der Waals surface area contributed by atoms with E-state index in [4.69, 9.17) is 0 Å². The highest BCUT2D eigenvalue weighted by molar-refractivity contribution is 7.93. The topological polar surface area (TPSA) is 63.2 Å². The van der Waals surface area contributed by atoms with E-state index >= 15 is 0 Å². The fraction of sp³-hybridized carbons (Fsp3) is 0.588. The van der Waals surface area contributed by atoms with Crippen molar-refractivity contribution in [2.45, 2.75) is 50.2 Å². The summed E-state index contributed by atoms with van der Waals surface area (Å²) in [6.45, 7) is 2.03. The Balaban J connectivity index is 2.66. The average molecular weight is 433 g/mol. The molecule has 0 bridgehead atoms. The first-order valence-electron chi connectivity index (χ1n) is 8.30. The van der Waals surface area contributed by atoms with Crippen molar-refractivity contribution in [3.63, 3.8) is 0 Å². The third kappa shape index (κ3) is 6.99. The Labute approximate surface area is 159 Å². The van der Waals surface area contributed by atoms with Gasteiger partial charge in [-0.1, -0.05) is 18.2 Å². The van der Waals surface area contributed by atoms with Crippen LogP contribution in [0.2, 0.25) is 0 Å². The highest BCUT2D eigenvalue weighted by Gasteiger charge is 2.41. The van der Waals surface area contributed by atoms with Crippen LogP contribution >= 0.6 is 0 Å². The molecular weight excluding hydrogens is 412 g/mol. The molecule has 0 aliphatic carbocycles. The Hall–Kier alpha value is -1.78. The molecule has 1 N–H and O–H groups in total. The second kappa shape index (κ2) is 8.71. The Bertz CT molecular complexity index is 785. The zero-order valence-electron chi connectivity index (χ0n) is 15.2. The second-order valence-corrected chi connectivity index (χ2v) is 9.41. The van der Waals surface area contributed by atoms with Gasteiger partial charge in [-0.15, -0.1) is 0 Å². The summed E-state index contributed by atoms with van der Waals surface area (Å²) in [5.74, 6) is -1.73. The Kier molecular flexibility index (Phi) is 7.54. The van der Waals surface area contributed by atoms with Crippen molar-refractivity contribution in [2.75, 3.05) is 12.3 Å². The summed E-state index contributed by atoms with van der Waals surface area (Å²) in [6.07, 6.45) is -10.9. The van der Waals surface area contributed by atoms with Crippen LogP contribution in [0.25, 0.3) is 0 Å². The van der Waals surface area contributed by atoms with Gasteiger partial charge in [0.2, 0.25) is 5.91 Å². The molecule has 0 saturated carbocycles. The first-order valence-corrected chi connectivity index (χ1v) is 9.95. The third-order valence-corrected chi connectivity index (χ3v) is 6.72. The molecule has 0 aromatic heterocycles. The molecule has 0 atom stereocenters. The molecule has 0 saturated heterocycles. The third-order valence-electron chi connectivity index (χ3n) is 4.15. The molecule has 1 aromatic carbocycles. The van der Waals surface area contributed by atoms with Gasteiger partial charge in [-0.3, -0.25) is 4.79 Å². The highest BCUT2D eigenvalue weighted by Crippen LogP contribution is 2.29. The monoisotopic (exact) mass is 433 g/mol. The summed E-state index contributed by atoms with van der Waals surface area (Å²) >= 11 is 0. The molecule has 1 aromatic rings. The number of nitrogens with one attached hydrogen (secondary N) is 1. The van der Waals surface area contributed by atoms with Gasteiger partial charge in [-0.25, -0.2) is 8.42 Å². The van der Waals surface area contributed by atoms with Crippen molar-refractivity contribution in [3.05, 3.63) is 35.4 Å². The molecule has 28 heavy (non-hydrogen) atoms. The summed E-state index contributed by atoms with van der Waals surface area (Å²) in [5.41, 5.74) is -0.551. The zero-order valence-corrected chi connectivity index (χ0v) is 16.1. The maximum absolute atomic E-state index is 12.7. The minimum atomic E-state index is -4.51. The van der Waals surface area contributed by atoms with E-state index in [1.165, 1.54) is 12.1 Å². The molecule has 4 nitrogen and oxygen atoms in total. The fourth-order valence-corrected chi connectivity index (χ4v) is 3.68. The second-order valence-electron chi connectivity index (χ2n) is 6.75. The smallest absolute Gasteiger partial charge is 0.354 e. The number of benzene rings is 1. The van der Waals surface area contributed by atoms with Crippen LogP contribution in [0.15, 0.2) is 24.3 Å². The van der Waals surface area contributed by atoms with Gasteiger partial charge < -0.3 is 5.32 Å². The lowest BCUT2D eigenvalue weighted by molar-refractivity contribution is -0.137. The number of carbonyl (C=O) groups excluding carboxylic acids is 1. The quantitative estimate of drug-likeness (QED) is 0.633. The number of amides is 1. The van der Waals surface area contributed by atoms with Crippen LogP contribution in [0.1, 0.15) is 37.8 Å². The maximum Gasteiger partial charge on any atom is 0.416 e. The van der Waals surface area contributed by atoms with Crippen LogP contribution in [-0.4, -0.2) is 37.5 Å². The number of rotatable bonds is 8. The SMILES string of the molecule is CC(C)(C(=O)NCCc1cccc(C(F)(F)F)c1)S(=O)(=O)CCCC(F)(F)F. The van der Waals surface area contributed by atoms with Crippen molar-refractivity contribution >= 4 is 15.7 Å². The number of sulfone groups is 1. The van der Waals surface area contributed by atoms with Gasteiger partial charge in [0.1, 0.15) is 4.75 Å². The minimum Gasteiger partial charge on any atom is -0.354 e. The van der Waals surface area contributed by atoms with Crippen molar-refractivity contribution < 1.29 is 39.6 Å². The summed E-state index contributed by atoms with van der Waals surface area (Å²) in [4.78, 5) is 12.2. The van der Waals surface area contributed by atoms with E-state index < -0.39 is 57.0 Å². The van der Waals surface area contributed by atoms with Crippen molar-refractivity contribution in [2.24, 2.45) is 0 Å².